The number of nitrogens with two attached hydrogens (primary N) is 5. The summed E-state index contributed by atoms with van der Waals surface area (Å²) >= 11 is 0. The number of carbonyl (C=O) groups excluding carboxylic acids is 5. The van der Waals surface area contributed by atoms with E-state index in [9.17, 15) is 24.0 Å². The summed E-state index contributed by atoms with van der Waals surface area (Å²) in [5, 5.41) is 2.42. The molecule has 148 valence electrons. The highest BCUT2D eigenvalue weighted by atomic mass is 16.2. The Morgan fingerprint density at radius 3 is 1.85 bits per heavy atom. The van der Waals surface area contributed by atoms with Crippen LogP contribution < -0.4 is 34.0 Å². The van der Waals surface area contributed by atoms with Crippen LogP contribution in [0.5, 0.6) is 0 Å². The van der Waals surface area contributed by atoms with Gasteiger partial charge in [-0.15, -0.1) is 0 Å². The lowest BCUT2D eigenvalue weighted by Crippen LogP contribution is -2.45. The van der Waals surface area contributed by atoms with Crippen molar-refractivity contribution in [3.63, 3.8) is 0 Å². The van der Waals surface area contributed by atoms with Crippen LogP contribution in [0.3, 0.4) is 0 Å². The predicted molar refractivity (Wildman–Crippen MR) is 92.7 cm³/mol. The lowest BCUT2D eigenvalue weighted by atomic mass is 9.93. The molecule has 0 aromatic heterocycles. The Balaban J connectivity index is 4.58. The van der Waals surface area contributed by atoms with Gasteiger partial charge in [-0.05, 0) is 32.6 Å². The summed E-state index contributed by atoms with van der Waals surface area (Å²) in [4.78, 5) is 57.4. The summed E-state index contributed by atoms with van der Waals surface area (Å²) in [6.45, 7) is 1.41. The maximum atomic E-state index is 12.0. The fraction of sp³-hybridized carbons (Fsp3) is 0.667. The monoisotopic (exact) mass is 372 g/mol. The molecule has 26 heavy (non-hydrogen) atoms. The number of hydrogen-bond acceptors (Lipinski definition) is 7. The van der Waals surface area contributed by atoms with E-state index in [1.807, 2.05) is 0 Å². The molecular formula is C15H28N6O5. The molecule has 0 fully saturated rings. The Kier molecular flexibility index (Phi) is 10.1. The van der Waals surface area contributed by atoms with E-state index in [0.717, 1.165) is 0 Å². The fourth-order valence-corrected chi connectivity index (χ4v) is 2.25. The SMILES string of the molecule is C[C@H](N)C(=O)[C@@H](CCC(=O)NC(CCCC(N)C(N)=O)C(N)=O)C(N)=O. The average molecular weight is 372 g/mol. The zero-order valence-electron chi connectivity index (χ0n) is 14.8. The maximum Gasteiger partial charge on any atom is 0.239 e. The first-order chi connectivity index (χ1) is 12.0. The van der Waals surface area contributed by atoms with Crippen LogP contribution in [0.25, 0.3) is 0 Å². The summed E-state index contributed by atoms with van der Waals surface area (Å²) in [6.07, 6.45) is 0.406. The number of carbonyl (C=O) groups is 5. The van der Waals surface area contributed by atoms with Crippen molar-refractivity contribution in [3.05, 3.63) is 0 Å². The number of amides is 4. The van der Waals surface area contributed by atoms with E-state index in [4.69, 9.17) is 28.7 Å². The second-order valence-electron chi connectivity index (χ2n) is 6.15. The van der Waals surface area contributed by atoms with Gasteiger partial charge < -0.3 is 34.0 Å². The molecule has 2 unspecified atom stereocenters. The molecule has 4 atom stereocenters. The molecule has 0 saturated carbocycles. The standard InChI is InChI=1S/C15H28N6O5/c1-7(16)12(23)8(13(18)24)5-6-11(22)21-10(15(20)26)4-2-3-9(17)14(19)25/h7-10H,2-6,16-17H2,1H3,(H2,18,24)(H2,19,25)(H2,20,26)(H,21,22)/t7-,8+,9?,10?/m0/s1. The van der Waals surface area contributed by atoms with Crippen LogP contribution in [-0.4, -0.2) is 47.5 Å². The van der Waals surface area contributed by atoms with Gasteiger partial charge >= 0.3 is 0 Å². The predicted octanol–water partition coefficient (Wildman–Crippen LogP) is -3.26. The van der Waals surface area contributed by atoms with Gasteiger partial charge in [-0.1, -0.05) is 0 Å². The van der Waals surface area contributed by atoms with Crippen molar-refractivity contribution < 1.29 is 24.0 Å². The van der Waals surface area contributed by atoms with E-state index in [2.05, 4.69) is 5.32 Å². The van der Waals surface area contributed by atoms with E-state index >= 15 is 0 Å². The van der Waals surface area contributed by atoms with E-state index in [-0.39, 0.29) is 25.7 Å². The van der Waals surface area contributed by atoms with E-state index in [1.54, 1.807) is 0 Å². The zero-order valence-corrected chi connectivity index (χ0v) is 14.8. The van der Waals surface area contributed by atoms with Crippen molar-refractivity contribution in [2.75, 3.05) is 0 Å². The number of hydrogen-bond donors (Lipinski definition) is 6. The van der Waals surface area contributed by atoms with Crippen LogP contribution in [-0.2, 0) is 24.0 Å². The molecule has 11 nitrogen and oxygen atoms in total. The lowest BCUT2D eigenvalue weighted by Gasteiger charge is -2.18. The molecule has 0 aromatic rings. The molecule has 0 aliphatic carbocycles. The minimum Gasteiger partial charge on any atom is -0.369 e. The topological polar surface area (TPSA) is 227 Å². The maximum absolute atomic E-state index is 12.0. The molecule has 0 aliphatic heterocycles. The summed E-state index contributed by atoms with van der Waals surface area (Å²) in [6, 6.07) is -2.71. The lowest BCUT2D eigenvalue weighted by molar-refractivity contribution is -0.134. The first-order valence-corrected chi connectivity index (χ1v) is 8.19. The molecular weight excluding hydrogens is 344 g/mol. The van der Waals surface area contributed by atoms with Crippen molar-refractivity contribution in [2.45, 2.75) is 57.2 Å². The fourth-order valence-electron chi connectivity index (χ4n) is 2.25. The number of rotatable bonds is 13. The van der Waals surface area contributed by atoms with Crippen LogP contribution in [0, 0.1) is 5.92 Å². The normalized spacial score (nSPS) is 15.3. The van der Waals surface area contributed by atoms with E-state index in [1.165, 1.54) is 6.92 Å². The van der Waals surface area contributed by atoms with Crippen LogP contribution in [0.15, 0.2) is 0 Å². The van der Waals surface area contributed by atoms with Crippen LogP contribution in [0.2, 0.25) is 0 Å². The van der Waals surface area contributed by atoms with Crippen molar-refractivity contribution in [3.8, 4) is 0 Å². The van der Waals surface area contributed by atoms with Crippen LogP contribution in [0.4, 0.5) is 0 Å². The summed E-state index contributed by atoms with van der Waals surface area (Å²) in [5.74, 6) is -4.60. The molecule has 0 saturated heterocycles. The Hall–Kier alpha value is -2.53. The van der Waals surface area contributed by atoms with Crippen molar-refractivity contribution in [2.24, 2.45) is 34.6 Å². The highest BCUT2D eigenvalue weighted by molar-refractivity contribution is 6.03. The first kappa shape index (κ1) is 23.5. The quantitative estimate of drug-likeness (QED) is 0.180. The van der Waals surface area contributed by atoms with Crippen LogP contribution in [0.1, 0.15) is 39.0 Å². The molecule has 4 amide bonds. The minimum atomic E-state index is -1.18. The van der Waals surface area contributed by atoms with E-state index < -0.39 is 53.5 Å². The van der Waals surface area contributed by atoms with Crippen LogP contribution >= 0.6 is 0 Å². The van der Waals surface area contributed by atoms with Gasteiger partial charge in [0.1, 0.15) is 6.04 Å². The largest absolute Gasteiger partial charge is 0.369 e. The molecule has 0 aliphatic rings. The number of Topliss-reactive ketones (excluding diaryl/α,β-unsaturated/α-hetero) is 1. The van der Waals surface area contributed by atoms with Gasteiger partial charge in [0.2, 0.25) is 23.6 Å². The Morgan fingerprint density at radius 2 is 1.42 bits per heavy atom. The van der Waals surface area contributed by atoms with Gasteiger partial charge in [0.15, 0.2) is 5.78 Å². The van der Waals surface area contributed by atoms with Gasteiger partial charge in [0, 0.05) is 6.42 Å². The second kappa shape index (κ2) is 11.2. The van der Waals surface area contributed by atoms with Crippen molar-refractivity contribution in [1.82, 2.24) is 5.32 Å². The smallest absolute Gasteiger partial charge is 0.239 e. The van der Waals surface area contributed by atoms with Crippen molar-refractivity contribution >= 4 is 29.4 Å². The molecule has 0 radical (unpaired) electrons. The third-order valence-electron chi connectivity index (χ3n) is 3.85. The van der Waals surface area contributed by atoms with Gasteiger partial charge in [-0.3, -0.25) is 24.0 Å². The number of nitrogens with one attached hydrogen (secondary N) is 1. The average Bonchev–Trinajstić information content (AvgIpc) is 2.52. The molecule has 11 heteroatoms. The first-order valence-electron chi connectivity index (χ1n) is 8.19. The van der Waals surface area contributed by atoms with Gasteiger partial charge in [-0.25, -0.2) is 0 Å². The summed E-state index contributed by atoms with van der Waals surface area (Å²) < 4.78 is 0. The Labute approximate surface area is 151 Å². The molecule has 0 bridgehead atoms. The Bertz CT molecular complexity index is 551. The highest BCUT2D eigenvalue weighted by Gasteiger charge is 2.28. The number of primary amides is 3. The minimum absolute atomic E-state index is 0.125. The zero-order chi connectivity index (χ0) is 20.4. The van der Waals surface area contributed by atoms with Crippen molar-refractivity contribution in [1.29, 1.82) is 0 Å². The molecule has 0 aromatic carbocycles. The molecule has 0 rings (SSSR count). The third-order valence-corrected chi connectivity index (χ3v) is 3.85. The Morgan fingerprint density at radius 1 is 0.846 bits per heavy atom. The molecule has 0 heterocycles. The highest BCUT2D eigenvalue weighted by Crippen LogP contribution is 2.10. The number of ketones is 1. The second-order valence-corrected chi connectivity index (χ2v) is 6.15. The molecule has 11 N–H and O–H groups in total. The van der Waals surface area contributed by atoms with Gasteiger partial charge in [-0.2, -0.15) is 0 Å². The molecule has 0 spiro atoms. The van der Waals surface area contributed by atoms with Gasteiger partial charge in [0.25, 0.3) is 0 Å². The third kappa shape index (κ3) is 8.53. The van der Waals surface area contributed by atoms with Gasteiger partial charge in [0.05, 0.1) is 18.0 Å². The summed E-state index contributed by atoms with van der Waals surface area (Å²) in [7, 11) is 0. The van der Waals surface area contributed by atoms with E-state index in [0.29, 0.717) is 6.42 Å². The summed E-state index contributed by atoms with van der Waals surface area (Å²) in [5.41, 5.74) is 26.3.